The minimum Gasteiger partial charge on any atom is -0.362 e. The van der Waals surface area contributed by atoms with Crippen molar-refractivity contribution in [2.45, 2.75) is 26.7 Å². The van der Waals surface area contributed by atoms with Gasteiger partial charge in [-0.2, -0.15) is 0 Å². The Morgan fingerprint density at radius 3 is 2.22 bits per heavy atom. The number of likely N-dealkylation sites (tertiary alicyclic amines) is 1. The molecule has 0 saturated carbocycles. The Hall–Kier alpha value is -2.62. The van der Waals surface area contributed by atoms with Crippen LogP contribution >= 0.6 is 0 Å². The van der Waals surface area contributed by atoms with Crippen LogP contribution in [0.2, 0.25) is 0 Å². The molecule has 1 saturated heterocycles. The molecule has 0 unspecified atom stereocenters. The molecule has 0 aromatic heterocycles. The lowest BCUT2D eigenvalue weighted by molar-refractivity contribution is -0.130. The first-order valence-corrected chi connectivity index (χ1v) is 9.77. The Kier molecular flexibility index (Phi) is 6.28. The molecule has 0 spiro atoms. The van der Waals surface area contributed by atoms with Crippen molar-refractivity contribution in [3.63, 3.8) is 0 Å². The van der Waals surface area contributed by atoms with Crippen molar-refractivity contribution in [1.29, 1.82) is 0 Å². The maximum atomic E-state index is 12.7. The number of piperidine rings is 1. The number of hydrogen-bond acceptors (Lipinski definition) is 3. The number of benzene rings is 2. The molecular weight excluding hydrogens is 336 g/mol. The quantitative estimate of drug-likeness (QED) is 0.729. The molecule has 0 atom stereocenters. The van der Waals surface area contributed by atoms with Crippen LogP contribution in [0.3, 0.4) is 0 Å². The summed E-state index contributed by atoms with van der Waals surface area (Å²) in [5, 5.41) is 0. The van der Waals surface area contributed by atoms with Gasteiger partial charge in [0.1, 0.15) is 0 Å². The fraction of sp³-hybridized carbons (Fsp3) is 0.391. The number of likely N-dealkylation sites (N-methyl/N-ethyl adjacent to an activating group) is 1. The van der Waals surface area contributed by atoms with Gasteiger partial charge in [0.15, 0.2) is 5.78 Å². The largest absolute Gasteiger partial charge is 0.362 e. The molecular formula is C23H28N2O2. The monoisotopic (exact) mass is 364 g/mol. The summed E-state index contributed by atoms with van der Waals surface area (Å²) in [6, 6.07) is 17.8. The predicted octanol–water partition coefficient (Wildman–Crippen LogP) is 3.94. The number of Topliss-reactive ketones (excluding diaryl/α,β-unsaturated/α-hetero) is 1. The second-order valence-electron chi connectivity index (χ2n) is 7.24. The Bertz CT molecular complexity index is 763. The molecule has 1 aliphatic heterocycles. The van der Waals surface area contributed by atoms with Gasteiger partial charge in [-0.3, -0.25) is 9.59 Å². The smallest absolute Gasteiger partial charge is 0.242 e. The fourth-order valence-electron chi connectivity index (χ4n) is 3.63. The van der Waals surface area contributed by atoms with Gasteiger partial charge in [0, 0.05) is 36.8 Å². The third kappa shape index (κ3) is 4.76. The molecule has 4 heteroatoms. The minimum atomic E-state index is 0.0214. The van der Waals surface area contributed by atoms with Gasteiger partial charge in [-0.25, -0.2) is 0 Å². The van der Waals surface area contributed by atoms with Gasteiger partial charge in [0.05, 0.1) is 6.54 Å². The summed E-state index contributed by atoms with van der Waals surface area (Å²) in [7, 11) is 0. The highest BCUT2D eigenvalue weighted by Gasteiger charge is 2.28. The van der Waals surface area contributed by atoms with Crippen LogP contribution in [0.25, 0.3) is 0 Å². The predicted molar refractivity (Wildman–Crippen MR) is 109 cm³/mol. The zero-order valence-electron chi connectivity index (χ0n) is 16.2. The zero-order chi connectivity index (χ0) is 19.2. The van der Waals surface area contributed by atoms with E-state index in [0.717, 1.165) is 36.2 Å². The van der Waals surface area contributed by atoms with Gasteiger partial charge in [0.2, 0.25) is 5.91 Å². The zero-order valence-corrected chi connectivity index (χ0v) is 16.2. The molecule has 142 valence electrons. The standard InChI is InChI=1S/C23H28N2O2/c1-3-24(21-7-5-4-6-8-21)17-22(26)25-15-13-20(14-16-25)23(27)19-11-9-18(2)10-12-19/h4-12,20H,3,13-17H2,1-2H3. The average molecular weight is 364 g/mol. The van der Waals surface area contributed by atoms with E-state index in [4.69, 9.17) is 0 Å². The molecule has 2 aromatic rings. The third-order valence-electron chi connectivity index (χ3n) is 5.38. The Labute approximate surface area is 161 Å². The van der Waals surface area contributed by atoms with Crippen LogP contribution in [0.4, 0.5) is 5.69 Å². The molecule has 0 aliphatic carbocycles. The summed E-state index contributed by atoms with van der Waals surface area (Å²) in [6.45, 7) is 6.58. The van der Waals surface area contributed by atoms with Crippen LogP contribution in [0.15, 0.2) is 54.6 Å². The van der Waals surface area contributed by atoms with E-state index in [1.807, 2.05) is 66.4 Å². The van der Waals surface area contributed by atoms with Crippen molar-refractivity contribution in [1.82, 2.24) is 4.90 Å². The highest BCUT2D eigenvalue weighted by atomic mass is 16.2. The average Bonchev–Trinajstić information content (AvgIpc) is 2.72. The molecule has 27 heavy (non-hydrogen) atoms. The summed E-state index contributed by atoms with van der Waals surface area (Å²) < 4.78 is 0. The molecule has 1 amide bonds. The van der Waals surface area contributed by atoms with Crippen molar-refractivity contribution < 1.29 is 9.59 Å². The minimum absolute atomic E-state index is 0.0214. The molecule has 0 N–H and O–H groups in total. The number of ketones is 1. The van der Waals surface area contributed by atoms with Crippen LogP contribution < -0.4 is 4.90 Å². The van der Waals surface area contributed by atoms with Crippen molar-refractivity contribution in [3.8, 4) is 0 Å². The number of para-hydroxylation sites is 1. The third-order valence-corrected chi connectivity index (χ3v) is 5.38. The number of anilines is 1. The number of carbonyl (C=O) groups excluding carboxylic acids is 2. The number of nitrogens with zero attached hydrogens (tertiary/aromatic N) is 2. The molecule has 3 rings (SSSR count). The first-order chi connectivity index (χ1) is 13.1. The van der Waals surface area contributed by atoms with Gasteiger partial charge in [-0.05, 0) is 38.8 Å². The van der Waals surface area contributed by atoms with E-state index in [-0.39, 0.29) is 17.6 Å². The summed E-state index contributed by atoms with van der Waals surface area (Å²) in [5.74, 6) is 0.372. The number of amides is 1. The Morgan fingerprint density at radius 2 is 1.63 bits per heavy atom. The highest BCUT2D eigenvalue weighted by Crippen LogP contribution is 2.23. The second kappa shape index (κ2) is 8.85. The lowest BCUT2D eigenvalue weighted by atomic mass is 9.88. The topological polar surface area (TPSA) is 40.6 Å². The number of rotatable bonds is 6. The fourth-order valence-corrected chi connectivity index (χ4v) is 3.63. The molecule has 0 radical (unpaired) electrons. The Morgan fingerprint density at radius 1 is 1.00 bits per heavy atom. The Balaban J connectivity index is 1.54. The van der Waals surface area contributed by atoms with E-state index in [2.05, 4.69) is 11.8 Å². The van der Waals surface area contributed by atoms with E-state index >= 15 is 0 Å². The van der Waals surface area contributed by atoms with Gasteiger partial charge < -0.3 is 9.80 Å². The summed E-state index contributed by atoms with van der Waals surface area (Å²) in [4.78, 5) is 29.4. The van der Waals surface area contributed by atoms with Crippen molar-refractivity contribution in [2.24, 2.45) is 5.92 Å². The lowest BCUT2D eigenvalue weighted by Crippen LogP contribution is -2.45. The van der Waals surface area contributed by atoms with Crippen LogP contribution in [0.1, 0.15) is 35.7 Å². The SMILES string of the molecule is CCN(CC(=O)N1CCC(C(=O)c2ccc(C)cc2)CC1)c1ccccc1. The molecule has 0 bridgehead atoms. The van der Waals surface area contributed by atoms with Crippen molar-refractivity contribution >= 4 is 17.4 Å². The molecule has 1 aliphatic rings. The van der Waals surface area contributed by atoms with Crippen LogP contribution in [0.5, 0.6) is 0 Å². The van der Waals surface area contributed by atoms with E-state index in [9.17, 15) is 9.59 Å². The van der Waals surface area contributed by atoms with E-state index in [0.29, 0.717) is 19.6 Å². The van der Waals surface area contributed by atoms with Gasteiger partial charge in [0.25, 0.3) is 0 Å². The summed E-state index contributed by atoms with van der Waals surface area (Å²) >= 11 is 0. The van der Waals surface area contributed by atoms with Crippen LogP contribution in [-0.2, 0) is 4.79 Å². The van der Waals surface area contributed by atoms with Gasteiger partial charge in [-0.15, -0.1) is 0 Å². The van der Waals surface area contributed by atoms with Crippen molar-refractivity contribution in [2.75, 3.05) is 31.1 Å². The molecule has 1 fully saturated rings. The van der Waals surface area contributed by atoms with Crippen LogP contribution in [-0.4, -0.2) is 42.8 Å². The molecule has 2 aromatic carbocycles. The number of carbonyl (C=O) groups is 2. The number of hydrogen-bond donors (Lipinski definition) is 0. The normalized spacial score (nSPS) is 14.8. The lowest BCUT2D eigenvalue weighted by Gasteiger charge is -2.33. The first kappa shape index (κ1) is 19.2. The maximum Gasteiger partial charge on any atom is 0.242 e. The molecule has 4 nitrogen and oxygen atoms in total. The van der Waals surface area contributed by atoms with E-state index < -0.39 is 0 Å². The number of aryl methyl sites for hydroxylation is 1. The van der Waals surface area contributed by atoms with Gasteiger partial charge >= 0.3 is 0 Å². The van der Waals surface area contributed by atoms with Crippen molar-refractivity contribution in [3.05, 3.63) is 65.7 Å². The second-order valence-corrected chi connectivity index (χ2v) is 7.24. The van der Waals surface area contributed by atoms with E-state index in [1.54, 1.807) is 0 Å². The molecule has 1 heterocycles. The first-order valence-electron chi connectivity index (χ1n) is 9.77. The van der Waals surface area contributed by atoms with Gasteiger partial charge in [-0.1, -0.05) is 48.0 Å². The summed E-state index contributed by atoms with van der Waals surface area (Å²) in [6.07, 6.45) is 1.49. The summed E-state index contributed by atoms with van der Waals surface area (Å²) in [5.41, 5.74) is 3.01. The maximum absolute atomic E-state index is 12.7. The highest BCUT2D eigenvalue weighted by molar-refractivity contribution is 5.98. The van der Waals surface area contributed by atoms with E-state index in [1.165, 1.54) is 0 Å². The van der Waals surface area contributed by atoms with Crippen LogP contribution in [0, 0.1) is 12.8 Å².